The van der Waals surface area contributed by atoms with E-state index in [-0.39, 0.29) is 11.7 Å². The monoisotopic (exact) mass is 121 g/mol. The summed E-state index contributed by atoms with van der Waals surface area (Å²) in [6, 6.07) is 0. The van der Waals surface area contributed by atoms with Crippen molar-refractivity contribution in [2.24, 2.45) is 5.73 Å². The van der Waals surface area contributed by atoms with E-state index in [9.17, 15) is 4.79 Å². The highest BCUT2D eigenvalue weighted by molar-refractivity contribution is 8.13. The lowest BCUT2D eigenvalue weighted by Gasteiger charge is -1.87. The zero-order valence-corrected chi connectivity index (χ0v) is 4.92. The molecule has 0 spiro atoms. The molecule has 0 atom stereocenters. The van der Waals surface area contributed by atoms with Gasteiger partial charge in [-0.3, -0.25) is 4.79 Å². The number of rotatable bonds is 2. The average Bonchev–Trinajstić information content (AvgIpc) is 1.63. The topological polar surface area (TPSA) is 43.1 Å². The minimum Gasteiger partial charge on any atom is -0.330 e. The van der Waals surface area contributed by atoms with E-state index in [2.05, 4.69) is 0 Å². The molecule has 0 amide bonds. The Hall–Kier alpha value is -0.0200. The maximum absolute atomic E-state index is 10.3. The first-order valence-corrected chi connectivity index (χ1v) is 2.69. The summed E-state index contributed by atoms with van der Waals surface area (Å²) in [5.74, 6) is 0. The predicted molar refractivity (Wildman–Crippen MR) is 32.2 cm³/mol. The molecule has 0 saturated carbocycles. The molecule has 2 N–H and O–H groups in total. The van der Waals surface area contributed by atoms with Gasteiger partial charge in [-0.1, -0.05) is 11.8 Å². The number of thioether (sulfide) groups is 1. The molecule has 0 aromatic rings. The molecule has 0 heterocycles. The fourth-order valence-corrected chi connectivity index (χ4v) is 0.430. The van der Waals surface area contributed by atoms with E-state index in [1.807, 2.05) is 0 Å². The Labute approximate surface area is 50.3 Å². The van der Waals surface area contributed by atoms with Crippen LogP contribution in [0.2, 0.25) is 0 Å². The van der Waals surface area contributed by atoms with Crippen LogP contribution in [0.3, 0.4) is 0 Å². The first-order chi connectivity index (χ1) is 3.98. The molecule has 0 saturated heterocycles. The van der Waals surface area contributed by atoms with Gasteiger partial charge in [0.15, 0.2) is 5.12 Å². The van der Waals surface area contributed by atoms with Gasteiger partial charge in [-0.15, -0.1) is 0 Å². The fourth-order valence-electron chi connectivity index (χ4n) is 0.143. The molecule has 0 aliphatic heterocycles. The second-order valence-electron chi connectivity index (χ2n) is 0.942. The zero-order valence-electron chi connectivity index (χ0n) is 6.10. The quantitative estimate of drug-likeness (QED) is 0.568. The van der Waals surface area contributed by atoms with Crippen LogP contribution in [0.25, 0.3) is 0 Å². The summed E-state index contributed by atoms with van der Waals surface area (Å²) in [5.41, 5.74) is 3.42. The molecule has 0 aromatic heterocycles. The third-order valence-corrected chi connectivity index (χ3v) is 0.898. The largest absolute Gasteiger partial charge is 0.330 e. The molecule has 0 aromatic carbocycles. The van der Waals surface area contributed by atoms with E-state index in [1.165, 1.54) is 6.92 Å². The van der Waals surface area contributed by atoms with Crippen molar-refractivity contribution in [2.75, 3.05) is 12.2 Å². The summed E-state index contributed by atoms with van der Waals surface area (Å²) >= 11 is 0.626. The van der Waals surface area contributed by atoms with E-state index < -0.39 is 5.70 Å². The van der Waals surface area contributed by atoms with Gasteiger partial charge in [0.05, 0.1) is 0 Å². The molecule has 2 nitrogen and oxygen atoms in total. The first-order valence-electron chi connectivity index (χ1n) is 2.87. The molecule has 0 fully saturated rings. The summed E-state index contributed by atoms with van der Waals surface area (Å²) in [7, 11) is 0. The van der Waals surface area contributed by atoms with Crippen LogP contribution in [-0.2, 0) is 4.79 Å². The van der Waals surface area contributed by atoms with Gasteiger partial charge < -0.3 is 5.73 Å². The van der Waals surface area contributed by atoms with E-state index in [1.54, 1.807) is 0 Å². The summed E-state index contributed by atoms with van der Waals surface area (Å²) in [6.45, 7) is 1.19. The average molecular weight is 121 g/mol. The Bertz CT molecular complexity index is 117. The van der Waals surface area contributed by atoms with Gasteiger partial charge in [0.2, 0.25) is 0 Å². The lowest BCUT2D eigenvalue weighted by atomic mass is 10.8. The van der Waals surface area contributed by atoms with Gasteiger partial charge in [-0.2, -0.15) is 0 Å². The number of nitrogens with two attached hydrogens (primary N) is 1. The molecule has 7 heavy (non-hydrogen) atoms. The third kappa shape index (κ3) is 5.98. The third-order valence-electron chi connectivity index (χ3n) is 0.299. The highest BCUT2D eigenvalue weighted by atomic mass is 32.2. The van der Waals surface area contributed by atoms with Gasteiger partial charge in [0, 0.05) is 21.9 Å². The standard InChI is InChI=1S/C4H9NOS/c1-4(6)7-3-2-5/h2-3,5H2,1H3/i3D2. The van der Waals surface area contributed by atoms with E-state index in [0.29, 0.717) is 11.8 Å². The normalized spacial score (nSPS) is 15.1. The van der Waals surface area contributed by atoms with Gasteiger partial charge in [0.25, 0.3) is 0 Å². The summed E-state index contributed by atoms with van der Waals surface area (Å²) in [6.07, 6.45) is 0. The molecule has 0 aliphatic rings. The van der Waals surface area contributed by atoms with Crippen LogP contribution in [0.5, 0.6) is 0 Å². The van der Waals surface area contributed by atoms with E-state index in [0.717, 1.165) is 0 Å². The van der Waals surface area contributed by atoms with Gasteiger partial charge in [-0.25, -0.2) is 0 Å². The van der Waals surface area contributed by atoms with Crippen LogP contribution in [-0.4, -0.2) is 17.4 Å². The highest BCUT2D eigenvalue weighted by Gasteiger charge is 1.87. The van der Waals surface area contributed by atoms with Crippen molar-refractivity contribution < 1.29 is 7.54 Å². The smallest absolute Gasteiger partial charge is 0.185 e. The number of hydrogen-bond acceptors (Lipinski definition) is 3. The van der Waals surface area contributed by atoms with Crippen molar-refractivity contribution in [1.82, 2.24) is 0 Å². The Morgan fingerprint density at radius 1 is 2.14 bits per heavy atom. The Kier molecular flexibility index (Phi) is 2.32. The van der Waals surface area contributed by atoms with Gasteiger partial charge >= 0.3 is 0 Å². The first kappa shape index (κ1) is 3.92. The summed E-state index contributed by atoms with van der Waals surface area (Å²) in [4.78, 5) is 10.3. The van der Waals surface area contributed by atoms with Crippen LogP contribution in [0.15, 0.2) is 0 Å². The minimum atomic E-state index is -1.59. The van der Waals surface area contributed by atoms with Crippen molar-refractivity contribution in [1.29, 1.82) is 0 Å². The van der Waals surface area contributed by atoms with Crippen molar-refractivity contribution >= 4 is 16.9 Å². The highest BCUT2D eigenvalue weighted by Crippen LogP contribution is 1.96. The van der Waals surface area contributed by atoms with Crippen LogP contribution >= 0.6 is 11.8 Å². The lowest BCUT2D eigenvalue weighted by molar-refractivity contribution is -0.109. The van der Waals surface area contributed by atoms with Crippen molar-refractivity contribution in [3.05, 3.63) is 0 Å². The summed E-state index contributed by atoms with van der Waals surface area (Å²) in [5, 5.41) is -0.245. The Morgan fingerprint density at radius 3 is 2.86 bits per heavy atom. The second-order valence-corrected chi connectivity index (χ2v) is 2.01. The number of hydrogen-bond donors (Lipinski definition) is 1. The lowest BCUT2D eigenvalue weighted by Crippen LogP contribution is -2.02. The second kappa shape index (κ2) is 4.15. The van der Waals surface area contributed by atoms with Gasteiger partial charge in [0.1, 0.15) is 0 Å². The van der Waals surface area contributed by atoms with E-state index in [4.69, 9.17) is 8.48 Å². The number of carbonyl (C=O) groups is 1. The molecular weight excluding hydrogens is 110 g/mol. The van der Waals surface area contributed by atoms with Crippen LogP contribution < -0.4 is 5.73 Å². The molecular formula is C4H9NOS. The molecule has 0 radical (unpaired) electrons. The van der Waals surface area contributed by atoms with Crippen molar-refractivity contribution in [3.63, 3.8) is 0 Å². The van der Waals surface area contributed by atoms with Gasteiger partial charge in [-0.05, 0) is 0 Å². The predicted octanol–water partition coefficient (Wildman–Crippen LogP) is 0.225. The number of carbonyl (C=O) groups excluding carboxylic acids is 1. The molecule has 0 rings (SSSR count). The molecule has 0 aliphatic carbocycles. The Morgan fingerprint density at radius 2 is 2.71 bits per heavy atom. The van der Waals surface area contributed by atoms with Crippen molar-refractivity contribution in [3.8, 4) is 0 Å². The minimum absolute atomic E-state index is 0.128. The molecule has 42 valence electrons. The van der Waals surface area contributed by atoms with Crippen molar-refractivity contribution in [2.45, 2.75) is 6.92 Å². The summed E-state index contributed by atoms with van der Waals surface area (Å²) < 4.78 is 14.0. The maximum Gasteiger partial charge on any atom is 0.185 e. The molecule has 0 unspecified atom stereocenters. The van der Waals surface area contributed by atoms with E-state index >= 15 is 0 Å². The van der Waals surface area contributed by atoms with Crippen LogP contribution in [0.1, 0.15) is 9.67 Å². The Balaban J connectivity index is 3.71. The SMILES string of the molecule is [2H]C([2H])(CN)SC(C)=O. The molecule has 3 heteroatoms. The van der Waals surface area contributed by atoms with Crippen LogP contribution in [0, 0.1) is 0 Å². The van der Waals surface area contributed by atoms with Crippen LogP contribution in [0.4, 0.5) is 0 Å². The zero-order chi connectivity index (χ0) is 7.49. The molecule has 0 bridgehead atoms. The maximum atomic E-state index is 10.3. The fraction of sp³-hybridized carbons (Fsp3) is 0.750.